The summed E-state index contributed by atoms with van der Waals surface area (Å²) in [6, 6.07) is 7.03. The molecule has 6 heteroatoms. The number of nitrogens with zero attached hydrogens (tertiary/aromatic N) is 1. The van der Waals surface area contributed by atoms with Gasteiger partial charge in [0.25, 0.3) is 0 Å². The highest BCUT2D eigenvalue weighted by Crippen LogP contribution is 2.28. The third kappa shape index (κ3) is 3.08. The van der Waals surface area contributed by atoms with E-state index in [1.165, 1.54) is 6.42 Å². The topological polar surface area (TPSA) is 89.4 Å². The second-order valence-electron chi connectivity index (χ2n) is 5.15. The molecule has 4 N–H and O–H groups in total. The van der Waals surface area contributed by atoms with Crippen molar-refractivity contribution in [2.24, 2.45) is 16.8 Å². The van der Waals surface area contributed by atoms with Gasteiger partial charge in [-0.05, 0) is 43.0 Å². The quantitative estimate of drug-likeness (QED) is 0.862. The molecule has 0 spiro atoms. The minimum atomic E-state index is -3.62. The highest BCUT2D eigenvalue weighted by Gasteiger charge is 2.27. The van der Waals surface area contributed by atoms with Gasteiger partial charge in [0.05, 0.1) is 4.90 Å². The maximum absolute atomic E-state index is 11.2. The van der Waals surface area contributed by atoms with Crippen LogP contribution in [0.25, 0.3) is 0 Å². The second kappa shape index (κ2) is 5.48. The lowest BCUT2D eigenvalue weighted by atomic mass is 9.90. The molecule has 1 aromatic rings. The molecule has 0 aliphatic carbocycles. The van der Waals surface area contributed by atoms with E-state index in [0.29, 0.717) is 18.5 Å². The summed E-state index contributed by atoms with van der Waals surface area (Å²) < 4.78 is 22.5. The lowest BCUT2D eigenvalue weighted by molar-refractivity contribution is 0.350. The van der Waals surface area contributed by atoms with Gasteiger partial charge in [-0.3, -0.25) is 0 Å². The van der Waals surface area contributed by atoms with Gasteiger partial charge in [0.15, 0.2) is 0 Å². The minimum absolute atomic E-state index is 0.144. The molecule has 2 rings (SSSR count). The molecule has 0 bridgehead atoms. The average molecular weight is 283 g/mol. The molecule has 0 aromatic heterocycles. The average Bonchev–Trinajstić information content (AvgIpc) is 2.37. The van der Waals surface area contributed by atoms with E-state index in [2.05, 4.69) is 11.8 Å². The zero-order valence-corrected chi connectivity index (χ0v) is 11.9. The van der Waals surface area contributed by atoms with Crippen LogP contribution >= 0.6 is 0 Å². The van der Waals surface area contributed by atoms with E-state index in [1.807, 2.05) is 0 Å². The van der Waals surface area contributed by atoms with Gasteiger partial charge in [-0.2, -0.15) is 0 Å². The van der Waals surface area contributed by atoms with Crippen LogP contribution in [0.2, 0.25) is 0 Å². The van der Waals surface area contributed by atoms with Gasteiger partial charge in [-0.15, -0.1) is 0 Å². The summed E-state index contributed by atoms with van der Waals surface area (Å²) in [5.41, 5.74) is 6.87. The molecule has 1 aliphatic heterocycles. The van der Waals surface area contributed by atoms with E-state index >= 15 is 0 Å². The van der Waals surface area contributed by atoms with Gasteiger partial charge in [0.2, 0.25) is 10.0 Å². The van der Waals surface area contributed by atoms with Crippen molar-refractivity contribution in [1.29, 1.82) is 0 Å². The van der Waals surface area contributed by atoms with Gasteiger partial charge in [-0.25, -0.2) is 13.6 Å². The molecule has 1 aromatic carbocycles. The molecule has 2 atom stereocenters. The first-order chi connectivity index (χ1) is 8.93. The van der Waals surface area contributed by atoms with Crippen LogP contribution in [-0.2, 0) is 10.0 Å². The van der Waals surface area contributed by atoms with Crippen LogP contribution in [-0.4, -0.2) is 27.5 Å². The Morgan fingerprint density at radius 1 is 1.32 bits per heavy atom. The number of benzene rings is 1. The summed E-state index contributed by atoms with van der Waals surface area (Å²) in [5, 5.41) is 5.10. The van der Waals surface area contributed by atoms with Crippen molar-refractivity contribution in [2.75, 3.05) is 18.0 Å². The predicted molar refractivity (Wildman–Crippen MR) is 76.4 cm³/mol. The maximum atomic E-state index is 11.2. The molecule has 19 heavy (non-hydrogen) atoms. The molecule has 1 heterocycles. The first-order valence-corrected chi connectivity index (χ1v) is 8.07. The van der Waals surface area contributed by atoms with Crippen LogP contribution in [0.1, 0.15) is 19.8 Å². The highest BCUT2D eigenvalue weighted by atomic mass is 32.2. The van der Waals surface area contributed by atoms with Crippen molar-refractivity contribution in [3.63, 3.8) is 0 Å². The van der Waals surface area contributed by atoms with Crippen LogP contribution < -0.4 is 15.8 Å². The van der Waals surface area contributed by atoms with Crippen LogP contribution in [0.5, 0.6) is 0 Å². The van der Waals surface area contributed by atoms with Crippen molar-refractivity contribution in [2.45, 2.75) is 30.7 Å². The second-order valence-corrected chi connectivity index (χ2v) is 6.72. The van der Waals surface area contributed by atoms with Crippen molar-refractivity contribution in [1.82, 2.24) is 0 Å². The van der Waals surface area contributed by atoms with Gasteiger partial charge in [0.1, 0.15) is 0 Å². The molecule has 5 nitrogen and oxygen atoms in total. The number of primary sulfonamides is 1. The van der Waals surface area contributed by atoms with Gasteiger partial charge < -0.3 is 10.6 Å². The van der Waals surface area contributed by atoms with E-state index < -0.39 is 10.0 Å². The molecular formula is C13H21N3O2S. The van der Waals surface area contributed by atoms with E-state index in [-0.39, 0.29) is 4.90 Å². The van der Waals surface area contributed by atoms with Gasteiger partial charge in [-0.1, -0.05) is 6.92 Å². The number of sulfonamides is 1. The standard InChI is InChI=1S/C13H21N3O2S/c1-10-3-2-8-16(13(10)9-14)11-4-6-12(7-5-11)19(15,17)18/h4-7,10,13H,2-3,8-9,14H2,1H3,(H2,15,17,18). The number of piperidine rings is 1. The first kappa shape index (κ1) is 14.3. The highest BCUT2D eigenvalue weighted by molar-refractivity contribution is 7.89. The number of nitrogens with two attached hydrogens (primary N) is 2. The smallest absolute Gasteiger partial charge is 0.238 e. The summed E-state index contributed by atoms with van der Waals surface area (Å²) in [6.45, 7) is 3.78. The SMILES string of the molecule is CC1CCCN(c2ccc(S(N)(=O)=O)cc2)C1CN. The Balaban J connectivity index is 2.26. The molecule has 0 saturated carbocycles. The zero-order valence-electron chi connectivity index (χ0n) is 11.1. The van der Waals surface area contributed by atoms with Crippen molar-refractivity contribution in [3.05, 3.63) is 24.3 Å². The summed E-state index contributed by atoms with van der Waals surface area (Å²) in [6.07, 6.45) is 2.32. The number of hydrogen-bond donors (Lipinski definition) is 2. The Morgan fingerprint density at radius 3 is 2.47 bits per heavy atom. The fraction of sp³-hybridized carbons (Fsp3) is 0.538. The van der Waals surface area contributed by atoms with E-state index in [9.17, 15) is 8.42 Å². The Kier molecular flexibility index (Phi) is 4.13. The zero-order chi connectivity index (χ0) is 14.0. The fourth-order valence-corrected chi connectivity index (χ4v) is 3.27. The Bertz CT molecular complexity index is 527. The van der Waals surface area contributed by atoms with Gasteiger partial charge >= 0.3 is 0 Å². The van der Waals surface area contributed by atoms with Gasteiger partial charge in [0, 0.05) is 24.8 Å². The van der Waals surface area contributed by atoms with Crippen molar-refractivity contribution < 1.29 is 8.42 Å². The lowest BCUT2D eigenvalue weighted by Gasteiger charge is -2.41. The maximum Gasteiger partial charge on any atom is 0.238 e. The molecule has 0 radical (unpaired) electrons. The van der Waals surface area contributed by atoms with Crippen molar-refractivity contribution >= 4 is 15.7 Å². The van der Waals surface area contributed by atoms with E-state index in [1.54, 1.807) is 24.3 Å². The summed E-state index contributed by atoms with van der Waals surface area (Å²) in [7, 11) is -3.62. The number of rotatable bonds is 3. The largest absolute Gasteiger partial charge is 0.367 e. The molecular weight excluding hydrogens is 262 g/mol. The fourth-order valence-electron chi connectivity index (χ4n) is 2.76. The van der Waals surface area contributed by atoms with E-state index in [0.717, 1.165) is 18.7 Å². The molecule has 1 aliphatic rings. The molecule has 1 saturated heterocycles. The van der Waals surface area contributed by atoms with Crippen LogP contribution in [0.3, 0.4) is 0 Å². The Hall–Kier alpha value is -1.11. The van der Waals surface area contributed by atoms with Crippen molar-refractivity contribution in [3.8, 4) is 0 Å². The molecule has 0 amide bonds. The third-order valence-corrected chi connectivity index (χ3v) is 4.78. The van der Waals surface area contributed by atoms with Crippen LogP contribution in [0.15, 0.2) is 29.2 Å². The number of hydrogen-bond acceptors (Lipinski definition) is 4. The van der Waals surface area contributed by atoms with Crippen LogP contribution in [0, 0.1) is 5.92 Å². The Labute approximate surface area is 114 Å². The van der Waals surface area contributed by atoms with Crippen LogP contribution in [0.4, 0.5) is 5.69 Å². The summed E-state index contributed by atoms with van der Waals surface area (Å²) in [4.78, 5) is 2.41. The molecule has 106 valence electrons. The molecule has 2 unspecified atom stereocenters. The van der Waals surface area contributed by atoms with E-state index in [4.69, 9.17) is 10.9 Å². The summed E-state index contributed by atoms with van der Waals surface area (Å²) >= 11 is 0. The number of anilines is 1. The minimum Gasteiger partial charge on any atom is -0.367 e. The first-order valence-electron chi connectivity index (χ1n) is 6.53. The summed E-state index contributed by atoms with van der Waals surface area (Å²) in [5.74, 6) is 0.552. The normalized spacial score (nSPS) is 24.5. The predicted octanol–water partition coefficient (Wildman–Crippen LogP) is 0.898. The molecule has 1 fully saturated rings. The third-order valence-electron chi connectivity index (χ3n) is 3.85. The Morgan fingerprint density at radius 2 is 1.95 bits per heavy atom. The monoisotopic (exact) mass is 283 g/mol. The lowest BCUT2D eigenvalue weighted by Crippen LogP contribution is -2.48.